The van der Waals surface area contributed by atoms with Crippen LogP contribution in [0.5, 0.6) is 0 Å². The molecule has 94 valence electrons. The summed E-state index contributed by atoms with van der Waals surface area (Å²) < 4.78 is 1.82. The average molecular weight is 244 g/mol. The van der Waals surface area contributed by atoms with Gasteiger partial charge in [0.25, 0.3) is 5.91 Å². The number of aryl methyl sites for hydroxylation is 2. The molecule has 0 aliphatic heterocycles. The lowest BCUT2D eigenvalue weighted by Crippen LogP contribution is -2.23. The number of aromatic nitrogens is 3. The van der Waals surface area contributed by atoms with Crippen molar-refractivity contribution in [3.05, 3.63) is 47.0 Å². The van der Waals surface area contributed by atoms with Crippen molar-refractivity contribution in [2.45, 2.75) is 20.4 Å². The lowest BCUT2D eigenvalue weighted by Gasteiger charge is -2.05. The summed E-state index contributed by atoms with van der Waals surface area (Å²) in [6.07, 6.45) is 3.21. The Kier molecular flexibility index (Phi) is 3.41. The molecule has 2 aromatic rings. The Morgan fingerprint density at radius 2 is 2.00 bits per heavy atom. The molecule has 0 unspecified atom stereocenters. The van der Waals surface area contributed by atoms with Crippen molar-refractivity contribution in [3.8, 4) is 0 Å². The number of nitrogens with zero attached hydrogens (tertiary/aromatic N) is 3. The van der Waals surface area contributed by atoms with Crippen molar-refractivity contribution >= 4 is 5.91 Å². The first kappa shape index (κ1) is 12.3. The highest BCUT2D eigenvalue weighted by Gasteiger charge is 2.11. The molecule has 2 aromatic heterocycles. The largest absolute Gasteiger partial charge is 0.348 e. The summed E-state index contributed by atoms with van der Waals surface area (Å²) in [4.78, 5) is 15.8. The maximum absolute atomic E-state index is 11.9. The number of pyridine rings is 1. The van der Waals surface area contributed by atoms with Crippen molar-refractivity contribution in [2.24, 2.45) is 7.05 Å². The van der Waals surface area contributed by atoms with E-state index in [9.17, 15) is 4.79 Å². The lowest BCUT2D eigenvalue weighted by molar-refractivity contribution is 0.0950. The predicted molar refractivity (Wildman–Crippen MR) is 68.1 cm³/mol. The smallest absolute Gasteiger partial charge is 0.251 e. The van der Waals surface area contributed by atoms with E-state index in [1.54, 1.807) is 24.5 Å². The number of amides is 1. The summed E-state index contributed by atoms with van der Waals surface area (Å²) in [7, 11) is 1.90. The van der Waals surface area contributed by atoms with E-state index < -0.39 is 0 Å². The maximum atomic E-state index is 11.9. The quantitative estimate of drug-likeness (QED) is 0.887. The molecule has 0 fully saturated rings. The highest BCUT2D eigenvalue weighted by atomic mass is 16.1. The third kappa shape index (κ3) is 2.40. The van der Waals surface area contributed by atoms with Crippen LogP contribution in [0.3, 0.4) is 0 Å². The van der Waals surface area contributed by atoms with Crippen LogP contribution in [0.4, 0.5) is 0 Å². The van der Waals surface area contributed by atoms with Crippen LogP contribution in [-0.4, -0.2) is 20.7 Å². The standard InChI is InChI=1S/C13H16N4O/c1-9-12(10(2)17(3)16-9)8-15-13(18)11-4-6-14-7-5-11/h4-7H,8H2,1-3H3,(H,15,18). The van der Waals surface area contributed by atoms with Gasteiger partial charge in [0.1, 0.15) is 0 Å². The fourth-order valence-corrected chi connectivity index (χ4v) is 1.85. The average Bonchev–Trinajstić information content (AvgIpc) is 2.62. The van der Waals surface area contributed by atoms with Crippen LogP contribution in [0.1, 0.15) is 27.3 Å². The Morgan fingerprint density at radius 1 is 1.33 bits per heavy atom. The van der Waals surface area contributed by atoms with Gasteiger partial charge in [-0.1, -0.05) is 0 Å². The second kappa shape index (κ2) is 5.00. The molecule has 0 spiro atoms. The second-order valence-corrected chi connectivity index (χ2v) is 4.19. The molecule has 0 radical (unpaired) electrons. The maximum Gasteiger partial charge on any atom is 0.251 e. The first-order valence-electron chi connectivity index (χ1n) is 5.77. The van der Waals surface area contributed by atoms with Gasteiger partial charge in [-0.3, -0.25) is 14.5 Å². The fraction of sp³-hybridized carbons (Fsp3) is 0.308. The van der Waals surface area contributed by atoms with Crippen LogP contribution >= 0.6 is 0 Å². The van der Waals surface area contributed by atoms with Gasteiger partial charge in [0.15, 0.2) is 0 Å². The molecule has 0 saturated heterocycles. The number of rotatable bonds is 3. The SMILES string of the molecule is Cc1nn(C)c(C)c1CNC(=O)c1ccncc1. The van der Waals surface area contributed by atoms with E-state index in [4.69, 9.17) is 0 Å². The summed E-state index contributed by atoms with van der Waals surface area (Å²) in [5.74, 6) is -0.0972. The zero-order chi connectivity index (χ0) is 13.1. The van der Waals surface area contributed by atoms with Crippen molar-refractivity contribution < 1.29 is 4.79 Å². The van der Waals surface area contributed by atoms with Crippen LogP contribution in [0, 0.1) is 13.8 Å². The van der Waals surface area contributed by atoms with Crippen LogP contribution in [-0.2, 0) is 13.6 Å². The van der Waals surface area contributed by atoms with Gasteiger partial charge >= 0.3 is 0 Å². The molecule has 1 N–H and O–H groups in total. The molecule has 0 atom stereocenters. The van der Waals surface area contributed by atoms with Crippen molar-refractivity contribution in [1.82, 2.24) is 20.1 Å². The topological polar surface area (TPSA) is 59.8 Å². The van der Waals surface area contributed by atoms with Crippen molar-refractivity contribution in [2.75, 3.05) is 0 Å². The molecule has 18 heavy (non-hydrogen) atoms. The minimum atomic E-state index is -0.0972. The Balaban J connectivity index is 2.06. The number of carbonyl (C=O) groups excluding carboxylic acids is 1. The first-order valence-corrected chi connectivity index (χ1v) is 5.77. The van der Waals surface area contributed by atoms with Crippen molar-refractivity contribution in [3.63, 3.8) is 0 Å². The van der Waals surface area contributed by atoms with E-state index in [0.29, 0.717) is 12.1 Å². The molecule has 0 aliphatic rings. The van der Waals surface area contributed by atoms with E-state index in [2.05, 4.69) is 15.4 Å². The minimum absolute atomic E-state index is 0.0972. The van der Waals surface area contributed by atoms with E-state index in [1.165, 1.54) is 0 Å². The van der Waals surface area contributed by atoms with Gasteiger partial charge < -0.3 is 5.32 Å². The minimum Gasteiger partial charge on any atom is -0.348 e. The van der Waals surface area contributed by atoms with Crippen LogP contribution in [0.25, 0.3) is 0 Å². The van der Waals surface area contributed by atoms with E-state index in [0.717, 1.165) is 17.0 Å². The van der Waals surface area contributed by atoms with Gasteiger partial charge in [-0.2, -0.15) is 5.10 Å². The highest BCUT2D eigenvalue weighted by molar-refractivity contribution is 5.93. The predicted octanol–water partition coefficient (Wildman–Crippen LogP) is 1.36. The molecule has 0 aliphatic carbocycles. The van der Waals surface area contributed by atoms with Gasteiger partial charge in [0.05, 0.1) is 5.69 Å². The summed E-state index contributed by atoms with van der Waals surface area (Å²) in [5, 5.41) is 7.21. The van der Waals surface area contributed by atoms with Crippen LogP contribution in [0.2, 0.25) is 0 Å². The van der Waals surface area contributed by atoms with Gasteiger partial charge in [0.2, 0.25) is 0 Å². The molecule has 2 rings (SSSR count). The number of nitrogens with one attached hydrogen (secondary N) is 1. The van der Waals surface area contributed by atoms with E-state index >= 15 is 0 Å². The normalized spacial score (nSPS) is 10.4. The Morgan fingerprint density at radius 3 is 2.56 bits per heavy atom. The van der Waals surface area contributed by atoms with Crippen molar-refractivity contribution in [1.29, 1.82) is 0 Å². The highest BCUT2D eigenvalue weighted by Crippen LogP contribution is 2.11. The summed E-state index contributed by atoms with van der Waals surface area (Å²) in [6.45, 7) is 4.43. The Bertz CT molecular complexity index is 560. The Labute approximate surface area is 106 Å². The summed E-state index contributed by atoms with van der Waals surface area (Å²) >= 11 is 0. The summed E-state index contributed by atoms with van der Waals surface area (Å²) in [6, 6.07) is 3.39. The monoisotopic (exact) mass is 244 g/mol. The number of hydrogen-bond donors (Lipinski definition) is 1. The van der Waals surface area contributed by atoms with Gasteiger partial charge in [0, 0.05) is 42.8 Å². The second-order valence-electron chi connectivity index (χ2n) is 4.19. The fourth-order valence-electron chi connectivity index (χ4n) is 1.85. The molecule has 0 aromatic carbocycles. The first-order chi connectivity index (χ1) is 8.59. The van der Waals surface area contributed by atoms with Gasteiger partial charge in [-0.05, 0) is 26.0 Å². The molecule has 1 amide bonds. The van der Waals surface area contributed by atoms with Gasteiger partial charge in [-0.15, -0.1) is 0 Å². The summed E-state index contributed by atoms with van der Waals surface area (Å²) in [5.41, 5.74) is 3.71. The molecule has 5 nitrogen and oxygen atoms in total. The molecular weight excluding hydrogens is 228 g/mol. The lowest BCUT2D eigenvalue weighted by atomic mass is 10.2. The Hall–Kier alpha value is -2.17. The van der Waals surface area contributed by atoms with Crippen LogP contribution < -0.4 is 5.32 Å². The van der Waals surface area contributed by atoms with Gasteiger partial charge in [-0.25, -0.2) is 0 Å². The van der Waals surface area contributed by atoms with Crippen LogP contribution in [0.15, 0.2) is 24.5 Å². The van der Waals surface area contributed by atoms with E-state index in [-0.39, 0.29) is 5.91 Å². The third-order valence-electron chi connectivity index (χ3n) is 3.03. The molecule has 0 bridgehead atoms. The van der Waals surface area contributed by atoms with E-state index in [1.807, 2.05) is 25.6 Å². The number of hydrogen-bond acceptors (Lipinski definition) is 3. The molecular formula is C13H16N4O. The molecule has 2 heterocycles. The third-order valence-corrected chi connectivity index (χ3v) is 3.03. The zero-order valence-electron chi connectivity index (χ0n) is 10.8. The zero-order valence-corrected chi connectivity index (χ0v) is 10.8. The number of carbonyl (C=O) groups is 1. The molecule has 0 saturated carbocycles. The molecule has 5 heteroatoms.